The molecular weight excluding hydrogens is 501 g/mol. The molecule has 1 unspecified atom stereocenters. The van der Waals surface area contributed by atoms with Crippen LogP contribution in [-0.2, 0) is 25.7 Å². The number of rotatable bonds is 7. The molecule has 2 aromatic carbocycles. The Balaban J connectivity index is 1.89. The summed E-state index contributed by atoms with van der Waals surface area (Å²) in [7, 11) is 1.46. The Morgan fingerprint density at radius 3 is 2.62 bits per heavy atom. The van der Waals surface area contributed by atoms with Crippen molar-refractivity contribution < 1.29 is 32.9 Å². The van der Waals surface area contributed by atoms with Crippen LogP contribution < -0.4 is 15.2 Å². The first-order valence-electron chi connectivity index (χ1n) is 11.9. The molecule has 4 rings (SSSR count). The Labute approximate surface area is 220 Å². The maximum atomic E-state index is 14.5. The van der Waals surface area contributed by atoms with Crippen LogP contribution in [0.5, 0.6) is 11.5 Å². The van der Waals surface area contributed by atoms with Crippen LogP contribution in [0.4, 0.5) is 4.39 Å². The smallest absolute Gasteiger partial charge is 0.340 e. The van der Waals surface area contributed by atoms with Gasteiger partial charge in [0.25, 0.3) is 0 Å². The number of hydrogen-bond acceptors (Lipinski definition) is 7. The highest BCUT2D eigenvalue weighted by atomic mass is 35.5. The predicted molar refractivity (Wildman–Crippen MR) is 135 cm³/mol. The normalized spacial score (nSPS) is 18.8. The maximum absolute atomic E-state index is 14.5. The third-order valence-corrected chi connectivity index (χ3v) is 6.77. The van der Waals surface area contributed by atoms with Crippen molar-refractivity contribution in [1.82, 2.24) is 0 Å². The van der Waals surface area contributed by atoms with Gasteiger partial charge in [0, 0.05) is 29.5 Å². The van der Waals surface area contributed by atoms with Crippen LogP contribution in [0.3, 0.4) is 0 Å². The number of benzene rings is 2. The number of Topliss-reactive ketones (excluding diaryl/α,β-unsaturated/α-hetero) is 1. The zero-order valence-electron chi connectivity index (χ0n) is 21.2. The number of carbonyl (C=O) groups excluding carboxylic acids is 2. The third-order valence-electron chi connectivity index (χ3n) is 6.41. The molecule has 0 saturated heterocycles. The average Bonchev–Trinajstić information content (AvgIpc) is 2.82. The van der Waals surface area contributed by atoms with Crippen LogP contribution in [-0.4, -0.2) is 25.5 Å². The Morgan fingerprint density at radius 2 is 1.95 bits per heavy atom. The summed E-state index contributed by atoms with van der Waals surface area (Å²) < 4.78 is 37.3. The molecule has 1 heterocycles. The molecular formula is C28H29ClFNO6. The fourth-order valence-corrected chi connectivity index (χ4v) is 5.01. The van der Waals surface area contributed by atoms with Crippen molar-refractivity contribution in [2.75, 3.05) is 13.7 Å². The number of ketones is 1. The molecule has 196 valence electrons. The monoisotopic (exact) mass is 529 g/mol. The van der Waals surface area contributed by atoms with Crippen molar-refractivity contribution in [3.05, 3.63) is 81.2 Å². The molecule has 0 aromatic heterocycles. The summed E-state index contributed by atoms with van der Waals surface area (Å²) in [5.74, 6) is -1.54. The molecule has 37 heavy (non-hydrogen) atoms. The van der Waals surface area contributed by atoms with Gasteiger partial charge >= 0.3 is 5.97 Å². The average molecular weight is 530 g/mol. The lowest BCUT2D eigenvalue weighted by Crippen LogP contribution is -2.36. The molecule has 1 atom stereocenters. The van der Waals surface area contributed by atoms with Gasteiger partial charge in [-0.25, -0.2) is 9.18 Å². The van der Waals surface area contributed by atoms with Crippen LogP contribution in [0.2, 0.25) is 5.02 Å². The molecule has 0 radical (unpaired) electrons. The largest absolute Gasteiger partial charge is 0.493 e. The van der Waals surface area contributed by atoms with Crippen molar-refractivity contribution in [1.29, 1.82) is 0 Å². The highest BCUT2D eigenvalue weighted by Gasteiger charge is 2.46. The number of nitrogens with two attached hydrogens (primary N) is 1. The zero-order chi connectivity index (χ0) is 26.9. The van der Waals surface area contributed by atoms with Crippen LogP contribution in [0.25, 0.3) is 0 Å². The molecule has 0 amide bonds. The topological polar surface area (TPSA) is 97.1 Å². The summed E-state index contributed by atoms with van der Waals surface area (Å²) in [6, 6.07) is 9.44. The van der Waals surface area contributed by atoms with E-state index in [-0.39, 0.29) is 58.6 Å². The highest BCUT2D eigenvalue weighted by molar-refractivity contribution is 6.31. The number of ether oxygens (including phenoxy) is 4. The summed E-state index contributed by atoms with van der Waals surface area (Å²) in [5.41, 5.74) is 6.83. The van der Waals surface area contributed by atoms with Crippen molar-refractivity contribution in [2.24, 2.45) is 11.1 Å². The first-order chi connectivity index (χ1) is 17.6. The van der Waals surface area contributed by atoms with Crippen molar-refractivity contribution in [2.45, 2.75) is 46.1 Å². The van der Waals surface area contributed by atoms with E-state index in [0.717, 1.165) is 0 Å². The Kier molecular flexibility index (Phi) is 7.50. The zero-order valence-corrected chi connectivity index (χ0v) is 21.9. The number of esters is 1. The minimum Gasteiger partial charge on any atom is -0.493 e. The first-order valence-corrected chi connectivity index (χ1v) is 12.3. The number of halogens is 2. The van der Waals surface area contributed by atoms with E-state index in [1.807, 2.05) is 13.8 Å². The molecule has 7 nitrogen and oxygen atoms in total. The molecule has 0 fully saturated rings. The second-order valence-corrected chi connectivity index (χ2v) is 10.1. The van der Waals surface area contributed by atoms with Gasteiger partial charge in [-0.3, -0.25) is 4.79 Å². The Morgan fingerprint density at radius 1 is 1.22 bits per heavy atom. The quantitative estimate of drug-likeness (QED) is 0.469. The van der Waals surface area contributed by atoms with E-state index in [0.29, 0.717) is 29.1 Å². The third kappa shape index (κ3) is 5.16. The Bertz CT molecular complexity index is 1300. The van der Waals surface area contributed by atoms with Gasteiger partial charge in [0.1, 0.15) is 23.8 Å². The molecule has 0 bridgehead atoms. The fraction of sp³-hybridized carbons (Fsp3) is 0.357. The van der Waals surface area contributed by atoms with E-state index in [9.17, 15) is 14.0 Å². The molecule has 1 aliphatic carbocycles. The molecule has 1 aliphatic heterocycles. The van der Waals surface area contributed by atoms with Crippen molar-refractivity contribution in [3.63, 3.8) is 0 Å². The van der Waals surface area contributed by atoms with E-state index < -0.39 is 17.7 Å². The molecule has 0 saturated carbocycles. The van der Waals surface area contributed by atoms with Gasteiger partial charge in [-0.1, -0.05) is 43.6 Å². The summed E-state index contributed by atoms with van der Waals surface area (Å²) in [5, 5.41) is 0.202. The summed E-state index contributed by atoms with van der Waals surface area (Å²) >= 11 is 6.21. The number of allylic oxidation sites excluding steroid dienone is 2. The second kappa shape index (κ2) is 10.5. The van der Waals surface area contributed by atoms with Crippen molar-refractivity contribution >= 4 is 23.4 Å². The van der Waals surface area contributed by atoms with Gasteiger partial charge < -0.3 is 24.7 Å². The number of carbonyl (C=O) groups is 2. The summed E-state index contributed by atoms with van der Waals surface area (Å²) in [6.45, 7) is 5.48. The Hall–Kier alpha value is -3.52. The van der Waals surface area contributed by atoms with Gasteiger partial charge in [0.05, 0.1) is 24.7 Å². The van der Waals surface area contributed by atoms with Gasteiger partial charge in [0.2, 0.25) is 5.88 Å². The van der Waals surface area contributed by atoms with Gasteiger partial charge in [-0.2, -0.15) is 0 Å². The second-order valence-electron chi connectivity index (χ2n) is 9.68. The number of para-hydroxylation sites is 1. The van der Waals surface area contributed by atoms with Crippen LogP contribution >= 0.6 is 11.6 Å². The van der Waals surface area contributed by atoms with Gasteiger partial charge in [0.15, 0.2) is 17.3 Å². The summed E-state index contributed by atoms with van der Waals surface area (Å²) in [6.07, 6.45) is 0.707. The molecule has 2 aromatic rings. The predicted octanol–water partition coefficient (Wildman–Crippen LogP) is 5.56. The SMILES string of the molecule is CCOC(=O)C1=C(N)OC2=C(C(=O)CC(C)(C)C2)C1c1cccc(OC)c1OCc1c(F)cccc1Cl. The summed E-state index contributed by atoms with van der Waals surface area (Å²) in [4.78, 5) is 26.6. The first kappa shape index (κ1) is 26.5. The van der Waals surface area contributed by atoms with Crippen LogP contribution in [0.1, 0.15) is 50.7 Å². The van der Waals surface area contributed by atoms with Gasteiger partial charge in [-0.15, -0.1) is 0 Å². The lowest BCUT2D eigenvalue weighted by Gasteiger charge is -2.38. The highest BCUT2D eigenvalue weighted by Crippen LogP contribution is 2.51. The van der Waals surface area contributed by atoms with E-state index in [4.69, 9.17) is 36.3 Å². The minimum atomic E-state index is -0.937. The lowest BCUT2D eigenvalue weighted by atomic mass is 9.70. The van der Waals surface area contributed by atoms with E-state index >= 15 is 0 Å². The minimum absolute atomic E-state index is 0.00400. The maximum Gasteiger partial charge on any atom is 0.340 e. The standard InChI is InChI=1S/C28H29ClFNO6/c1-5-35-27(33)24-22(23-19(32)12-28(2,3)13-21(23)37-26(24)31)15-8-6-11-20(34-4)25(15)36-14-16-17(29)9-7-10-18(16)30/h6-11,22H,5,12-14,31H2,1-4H3. The molecule has 2 N–H and O–H groups in total. The number of hydrogen-bond donors (Lipinski definition) is 1. The van der Waals surface area contributed by atoms with Gasteiger partial charge in [-0.05, 0) is 30.5 Å². The van der Waals surface area contributed by atoms with E-state index in [2.05, 4.69) is 0 Å². The fourth-order valence-electron chi connectivity index (χ4n) is 4.79. The number of methoxy groups -OCH3 is 1. The van der Waals surface area contributed by atoms with Crippen molar-refractivity contribution in [3.8, 4) is 11.5 Å². The molecule has 2 aliphatic rings. The van der Waals surface area contributed by atoms with Crippen LogP contribution in [0, 0.1) is 11.2 Å². The molecule has 0 spiro atoms. The van der Waals surface area contributed by atoms with E-state index in [1.165, 1.54) is 19.2 Å². The lowest BCUT2D eigenvalue weighted by molar-refractivity contribution is -0.139. The van der Waals surface area contributed by atoms with Crippen LogP contribution in [0.15, 0.2) is 59.2 Å². The van der Waals surface area contributed by atoms with E-state index in [1.54, 1.807) is 31.2 Å². The molecule has 9 heteroatoms.